The Morgan fingerprint density at radius 3 is 2.55 bits per heavy atom. The van der Waals surface area contributed by atoms with Crippen molar-refractivity contribution in [3.63, 3.8) is 0 Å². The zero-order chi connectivity index (χ0) is 16.1. The summed E-state index contributed by atoms with van der Waals surface area (Å²) in [7, 11) is 0. The smallest absolute Gasteiger partial charge is 0.267 e. The fraction of sp³-hybridized carbons (Fsp3) is 0.0667. The first-order valence-corrected chi connectivity index (χ1v) is 7.11. The average Bonchev–Trinajstić information content (AvgIpc) is 2.52. The number of non-ortho nitro benzene ring substituents is 1. The number of halogens is 1. The lowest BCUT2D eigenvalue weighted by Crippen LogP contribution is -2.19. The molecule has 1 N–H and O–H groups in total. The van der Waals surface area contributed by atoms with E-state index in [1.807, 2.05) is 6.07 Å². The molecular weight excluding hydrogens is 350 g/mol. The van der Waals surface area contributed by atoms with E-state index in [4.69, 9.17) is 0 Å². The molecule has 0 bridgehead atoms. The van der Waals surface area contributed by atoms with E-state index >= 15 is 0 Å². The van der Waals surface area contributed by atoms with Gasteiger partial charge in [-0.3, -0.25) is 14.9 Å². The Hall–Kier alpha value is -2.54. The van der Waals surface area contributed by atoms with E-state index in [0.29, 0.717) is 16.8 Å². The van der Waals surface area contributed by atoms with E-state index in [2.05, 4.69) is 26.5 Å². The molecule has 0 unspecified atom stereocenters. The number of rotatable bonds is 4. The van der Waals surface area contributed by atoms with Crippen LogP contribution in [0.5, 0.6) is 0 Å². The average molecular weight is 362 g/mol. The van der Waals surface area contributed by atoms with Crippen molar-refractivity contribution in [3.8, 4) is 0 Å². The van der Waals surface area contributed by atoms with Gasteiger partial charge in [-0.25, -0.2) is 5.43 Å². The Bertz CT molecular complexity index is 759. The van der Waals surface area contributed by atoms with Crippen molar-refractivity contribution >= 4 is 33.2 Å². The zero-order valence-corrected chi connectivity index (χ0v) is 13.2. The first-order valence-electron chi connectivity index (χ1n) is 6.32. The van der Waals surface area contributed by atoms with Crippen LogP contribution in [0.4, 0.5) is 5.69 Å². The van der Waals surface area contributed by atoms with E-state index in [-0.39, 0.29) is 11.6 Å². The van der Waals surface area contributed by atoms with Crippen LogP contribution in [0.3, 0.4) is 0 Å². The van der Waals surface area contributed by atoms with Gasteiger partial charge in [0.1, 0.15) is 0 Å². The predicted molar refractivity (Wildman–Crippen MR) is 86.9 cm³/mol. The second kappa shape index (κ2) is 6.95. The zero-order valence-electron chi connectivity index (χ0n) is 11.6. The number of hydrogen-bond acceptors (Lipinski definition) is 4. The number of carbonyl (C=O) groups is 1. The molecular formula is C15H12BrN3O3. The Balaban J connectivity index is 2.14. The first kappa shape index (κ1) is 15.8. The molecule has 0 radical (unpaired) electrons. The summed E-state index contributed by atoms with van der Waals surface area (Å²) < 4.78 is 0.791. The highest BCUT2D eigenvalue weighted by atomic mass is 79.9. The first-order chi connectivity index (χ1) is 10.5. The number of amides is 1. The van der Waals surface area contributed by atoms with Crippen LogP contribution in [0.25, 0.3) is 0 Å². The molecule has 1 amide bonds. The van der Waals surface area contributed by atoms with Crippen molar-refractivity contribution in [2.24, 2.45) is 5.10 Å². The number of hydrogen-bond donors (Lipinski definition) is 1. The Kier molecular flexibility index (Phi) is 5.00. The summed E-state index contributed by atoms with van der Waals surface area (Å²) in [5, 5.41) is 14.7. The lowest BCUT2D eigenvalue weighted by Gasteiger charge is -2.03. The van der Waals surface area contributed by atoms with Gasteiger partial charge in [0.05, 0.1) is 10.6 Å². The van der Waals surface area contributed by atoms with Crippen molar-refractivity contribution in [3.05, 3.63) is 74.2 Å². The molecule has 22 heavy (non-hydrogen) atoms. The summed E-state index contributed by atoms with van der Waals surface area (Å²) in [4.78, 5) is 22.2. The quantitative estimate of drug-likeness (QED) is 0.513. The molecule has 2 rings (SSSR count). The van der Waals surface area contributed by atoms with Crippen molar-refractivity contribution in [1.29, 1.82) is 0 Å². The molecule has 0 atom stereocenters. The molecule has 112 valence electrons. The standard InChI is InChI=1S/C15H12BrN3O3/c1-10(11-4-3-7-14(9-11)19(21)22)17-18-15(20)12-5-2-6-13(16)8-12/h2-9H,1H3,(H,18,20)/b17-10+. The molecule has 0 aromatic heterocycles. The highest BCUT2D eigenvalue weighted by Crippen LogP contribution is 2.14. The number of nitro groups is 1. The van der Waals surface area contributed by atoms with Crippen LogP contribution in [0.2, 0.25) is 0 Å². The largest absolute Gasteiger partial charge is 0.271 e. The lowest BCUT2D eigenvalue weighted by atomic mass is 10.1. The van der Waals surface area contributed by atoms with Crippen LogP contribution in [-0.2, 0) is 0 Å². The van der Waals surface area contributed by atoms with Crippen LogP contribution in [-0.4, -0.2) is 16.5 Å². The van der Waals surface area contributed by atoms with Crippen molar-refractivity contribution < 1.29 is 9.72 Å². The molecule has 0 aliphatic heterocycles. The molecule has 0 fully saturated rings. The molecule has 0 aliphatic rings. The minimum absolute atomic E-state index is 0.0228. The molecule has 0 saturated heterocycles. The fourth-order valence-corrected chi connectivity index (χ4v) is 2.14. The molecule has 0 aliphatic carbocycles. The fourth-order valence-electron chi connectivity index (χ4n) is 1.74. The minimum Gasteiger partial charge on any atom is -0.267 e. The van der Waals surface area contributed by atoms with Gasteiger partial charge in [0.15, 0.2) is 0 Å². The number of nitrogens with one attached hydrogen (secondary N) is 1. The number of hydrazone groups is 1. The number of benzene rings is 2. The predicted octanol–water partition coefficient (Wildman–Crippen LogP) is 3.51. The maximum Gasteiger partial charge on any atom is 0.271 e. The normalized spacial score (nSPS) is 11.1. The van der Waals surface area contributed by atoms with E-state index < -0.39 is 4.92 Å². The van der Waals surface area contributed by atoms with Gasteiger partial charge in [-0.15, -0.1) is 0 Å². The third kappa shape index (κ3) is 3.98. The second-order valence-corrected chi connectivity index (χ2v) is 5.37. The maximum absolute atomic E-state index is 12.0. The highest BCUT2D eigenvalue weighted by molar-refractivity contribution is 9.10. The van der Waals surface area contributed by atoms with Gasteiger partial charge >= 0.3 is 0 Å². The lowest BCUT2D eigenvalue weighted by molar-refractivity contribution is -0.384. The molecule has 2 aromatic rings. The summed E-state index contributed by atoms with van der Waals surface area (Å²) in [5.74, 6) is -0.355. The Morgan fingerprint density at radius 2 is 1.86 bits per heavy atom. The summed E-state index contributed by atoms with van der Waals surface area (Å²) >= 11 is 3.29. The van der Waals surface area contributed by atoms with Gasteiger partial charge < -0.3 is 0 Å². The summed E-state index contributed by atoms with van der Waals surface area (Å²) in [6.07, 6.45) is 0. The summed E-state index contributed by atoms with van der Waals surface area (Å²) in [6.45, 7) is 1.67. The SMILES string of the molecule is C/C(=N\NC(=O)c1cccc(Br)c1)c1cccc([N+](=O)[O-])c1. The van der Waals surface area contributed by atoms with Crippen LogP contribution in [0, 0.1) is 10.1 Å². The van der Waals surface area contributed by atoms with E-state index in [0.717, 1.165) is 4.47 Å². The van der Waals surface area contributed by atoms with Gasteiger partial charge in [-0.1, -0.05) is 34.1 Å². The molecule has 0 spiro atoms. The van der Waals surface area contributed by atoms with Crippen LogP contribution < -0.4 is 5.43 Å². The number of carbonyl (C=O) groups excluding carboxylic acids is 1. The molecule has 7 heteroatoms. The second-order valence-electron chi connectivity index (χ2n) is 4.46. The third-order valence-corrected chi connectivity index (χ3v) is 3.38. The summed E-state index contributed by atoms with van der Waals surface area (Å²) in [6, 6.07) is 13.0. The third-order valence-electron chi connectivity index (χ3n) is 2.89. The van der Waals surface area contributed by atoms with E-state index in [1.54, 1.807) is 37.3 Å². The number of nitro benzene ring substituents is 1. The van der Waals surface area contributed by atoms with Crippen LogP contribution in [0.1, 0.15) is 22.8 Å². The molecule has 0 saturated carbocycles. The maximum atomic E-state index is 12.0. The van der Waals surface area contributed by atoms with E-state index in [1.165, 1.54) is 12.1 Å². The Labute approximate surface area is 135 Å². The number of nitrogens with zero attached hydrogens (tertiary/aromatic N) is 2. The van der Waals surface area contributed by atoms with Crippen molar-refractivity contribution in [2.75, 3.05) is 0 Å². The van der Waals surface area contributed by atoms with Crippen molar-refractivity contribution in [2.45, 2.75) is 6.92 Å². The summed E-state index contributed by atoms with van der Waals surface area (Å²) in [5.41, 5.74) is 3.92. The van der Waals surface area contributed by atoms with Gasteiger partial charge in [-0.2, -0.15) is 5.10 Å². The van der Waals surface area contributed by atoms with Crippen LogP contribution in [0.15, 0.2) is 58.1 Å². The Morgan fingerprint density at radius 1 is 1.18 bits per heavy atom. The van der Waals surface area contributed by atoms with Crippen LogP contribution >= 0.6 is 15.9 Å². The van der Waals surface area contributed by atoms with Gasteiger partial charge in [0, 0.05) is 27.7 Å². The molecule has 2 aromatic carbocycles. The van der Waals surface area contributed by atoms with Gasteiger partial charge in [0.2, 0.25) is 0 Å². The highest BCUT2D eigenvalue weighted by Gasteiger charge is 2.08. The molecule has 6 nitrogen and oxygen atoms in total. The van der Waals surface area contributed by atoms with Gasteiger partial charge in [0.25, 0.3) is 11.6 Å². The van der Waals surface area contributed by atoms with Crippen molar-refractivity contribution in [1.82, 2.24) is 5.43 Å². The minimum atomic E-state index is -0.475. The monoisotopic (exact) mass is 361 g/mol. The van der Waals surface area contributed by atoms with E-state index in [9.17, 15) is 14.9 Å². The molecule has 0 heterocycles. The van der Waals surface area contributed by atoms with Gasteiger partial charge in [-0.05, 0) is 25.1 Å². The topological polar surface area (TPSA) is 84.6 Å².